The molecule has 0 unspecified atom stereocenters. The van der Waals surface area contributed by atoms with E-state index in [-0.39, 0.29) is 18.3 Å². The summed E-state index contributed by atoms with van der Waals surface area (Å²) in [7, 11) is 0. The first kappa shape index (κ1) is 16.0. The number of para-hydroxylation sites is 1. The highest BCUT2D eigenvalue weighted by molar-refractivity contribution is 5.96. The van der Waals surface area contributed by atoms with E-state index in [4.69, 9.17) is 4.42 Å². The van der Waals surface area contributed by atoms with Crippen LogP contribution in [-0.2, 0) is 11.3 Å². The van der Waals surface area contributed by atoms with Crippen molar-refractivity contribution in [3.63, 3.8) is 0 Å². The molecule has 1 N–H and O–H groups in total. The zero-order valence-corrected chi connectivity index (χ0v) is 13.9. The summed E-state index contributed by atoms with van der Waals surface area (Å²) in [6.45, 7) is 1.83. The molecular weight excluding hydrogens is 335 g/mol. The Morgan fingerprint density at radius 1 is 1.15 bits per heavy atom. The van der Waals surface area contributed by atoms with Crippen molar-refractivity contribution in [3.05, 3.63) is 66.4 Å². The number of carbonyl (C=O) groups is 1. The van der Waals surface area contributed by atoms with Crippen LogP contribution in [0.25, 0.3) is 22.4 Å². The number of halogens is 1. The number of benzene rings is 2. The number of carbonyl (C=O) groups excluding carboxylic acids is 1. The van der Waals surface area contributed by atoms with Gasteiger partial charge in [0.1, 0.15) is 12.4 Å². The van der Waals surface area contributed by atoms with E-state index in [1.807, 2.05) is 35.0 Å². The van der Waals surface area contributed by atoms with E-state index >= 15 is 0 Å². The standard InChI is InChI=1S/C19H15FN4O2/c1-12-22-23-19(26-12)16-10-24(17-5-3-2-4-15(16)17)11-18(25)21-14-8-6-13(20)7-9-14/h2-10H,11H2,1H3,(H,21,25). The molecule has 0 saturated heterocycles. The van der Waals surface area contributed by atoms with Crippen molar-refractivity contribution in [2.75, 3.05) is 5.32 Å². The highest BCUT2D eigenvalue weighted by atomic mass is 19.1. The van der Waals surface area contributed by atoms with Crippen molar-refractivity contribution >= 4 is 22.5 Å². The number of aryl methyl sites for hydroxylation is 1. The van der Waals surface area contributed by atoms with Gasteiger partial charge in [0.25, 0.3) is 0 Å². The molecule has 0 aliphatic carbocycles. The van der Waals surface area contributed by atoms with Crippen molar-refractivity contribution in [1.82, 2.24) is 14.8 Å². The molecule has 2 aromatic carbocycles. The summed E-state index contributed by atoms with van der Waals surface area (Å²) in [5, 5.41) is 11.6. The SMILES string of the molecule is Cc1nnc(-c2cn(CC(=O)Nc3ccc(F)cc3)c3ccccc23)o1. The van der Waals surface area contributed by atoms with Gasteiger partial charge in [-0.05, 0) is 30.3 Å². The van der Waals surface area contributed by atoms with Gasteiger partial charge < -0.3 is 14.3 Å². The monoisotopic (exact) mass is 350 g/mol. The maximum atomic E-state index is 13.0. The number of nitrogens with one attached hydrogen (secondary N) is 1. The lowest BCUT2D eigenvalue weighted by Crippen LogP contribution is -2.18. The first-order valence-electron chi connectivity index (χ1n) is 8.04. The molecule has 0 aliphatic rings. The second kappa shape index (κ2) is 6.44. The number of anilines is 1. The van der Waals surface area contributed by atoms with E-state index in [0.29, 0.717) is 17.5 Å². The Hall–Kier alpha value is -3.48. The van der Waals surface area contributed by atoms with E-state index in [2.05, 4.69) is 15.5 Å². The van der Waals surface area contributed by atoms with E-state index in [0.717, 1.165) is 16.5 Å². The van der Waals surface area contributed by atoms with Crippen LogP contribution in [0.4, 0.5) is 10.1 Å². The van der Waals surface area contributed by atoms with Crippen molar-refractivity contribution < 1.29 is 13.6 Å². The summed E-state index contributed by atoms with van der Waals surface area (Å²) in [5.41, 5.74) is 2.20. The highest BCUT2D eigenvalue weighted by Gasteiger charge is 2.16. The largest absolute Gasteiger partial charge is 0.421 e. The van der Waals surface area contributed by atoms with Gasteiger partial charge in [-0.1, -0.05) is 18.2 Å². The Kier molecular flexibility index (Phi) is 3.96. The lowest BCUT2D eigenvalue weighted by atomic mass is 10.2. The average molecular weight is 350 g/mol. The third kappa shape index (κ3) is 3.06. The molecule has 1 amide bonds. The number of amides is 1. The lowest BCUT2D eigenvalue weighted by Gasteiger charge is -2.07. The molecule has 0 aliphatic heterocycles. The van der Waals surface area contributed by atoms with Crippen LogP contribution in [-0.4, -0.2) is 20.7 Å². The molecule has 0 spiro atoms. The molecule has 0 saturated carbocycles. The van der Waals surface area contributed by atoms with Gasteiger partial charge in [-0.25, -0.2) is 4.39 Å². The smallest absolute Gasteiger partial charge is 0.249 e. The van der Waals surface area contributed by atoms with Crippen molar-refractivity contribution in [3.8, 4) is 11.5 Å². The van der Waals surface area contributed by atoms with Crippen LogP contribution >= 0.6 is 0 Å². The van der Waals surface area contributed by atoms with Crippen LogP contribution in [0.3, 0.4) is 0 Å². The van der Waals surface area contributed by atoms with Crippen LogP contribution in [0.5, 0.6) is 0 Å². The fraction of sp³-hybridized carbons (Fsp3) is 0.105. The Labute approximate surface area is 148 Å². The molecular formula is C19H15FN4O2. The Bertz CT molecular complexity index is 1080. The molecule has 0 bridgehead atoms. The Morgan fingerprint density at radius 3 is 2.65 bits per heavy atom. The summed E-state index contributed by atoms with van der Waals surface area (Å²) in [6, 6.07) is 13.3. The number of aromatic nitrogens is 3. The molecule has 2 heterocycles. The minimum Gasteiger partial charge on any atom is -0.421 e. The number of rotatable bonds is 4. The topological polar surface area (TPSA) is 73.0 Å². The highest BCUT2D eigenvalue weighted by Crippen LogP contribution is 2.29. The van der Waals surface area contributed by atoms with Crippen molar-refractivity contribution in [1.29, 1.82) is 0 Å². The lowest BCUT2D eigenvalue weighted by molar-refractivity contribution is -0.116. The summed E-state index contributed by atoms with van der Waals surface area (Å²) in [6.07, 6.45) is 1.82. The first-order chi connectivity index (χ1) is 12.6. The third-order valence-corrected chi connectivity index (χ3v) is 3.99. The fourth-order valence-electron chi connectivity index (χ4n) is 2.84. The molecule has 0 atom stereocenters. The first-order valence-corrected chi connectivity index (χ1v) is 8.04. The summed E-state index contributed by atoms with van der Waals surface area (Å²) in [4.78, 5) is 12.4. The molecule has 26 heavy (non-hydrogen) atoms. The second-order valence-corrected chi connectivity index (χ2v) is 5.87. The summed E-state index contributed by atoms with van der Waals surface area (Å²) >= 11 is 0. The summed E-state index contributed by atoms with van der Waals surface area (Å²) < 4.78 is 20.3. The van der Waals surface area contributed by atoms with E-state index in [1.165, 1.54) is 24.3 Å². The number of fused-ring (bicyclic) bond motifs is 1. The number of hydrogen-bond acceptors (Lipinski definition) is 4. The molecule has 6 nitrogen and oxygen atoms in total. The van der Waals surface area contributed by atoms with Crippen molar-refractivity contribution in [2.24, 2.45) is 0 Å². The van der Waals surface area contributed by atoms with Crippen molar-refractivity contribution in [2.45, 2.75) is 13.5 Å². The predicted molar refractivity (Wildman–Crippen MR) is 95.0 cm³/mol. The number of hydrogen-bond donors (Lipinski definition) is 1. The quantitative estimate of drug-likeness (QED) is 0.608. The van der Waals surface area contributed by atoms with Crippen LogP contribution in [0.15, 0.2) is 59.1 Å². The van der Waals surface area contributed by atoms with Gasteiger partial charge in [-0.15, -0.1) is 10.2 Å². The Morgan fingerprint density at radius 2 is 1.92 bits per heavy atom. The van der Waals surface area contributed by atoms with Crippen LogP contribution in [0.1, 0.15) is 5.89 Å². The maximum absolute atomic E-state index is 13.0. The van der Waals surface area contributed by atoms with E-state index in [1.54, 1.807) is 6.92 Å². The minimum atomic E-state index is -0.348. The van der Waals surface area contributed by atoms with Gasteiger partial charge in [-0.3, -0.25) is 4.79 Å². The molecule has 7 heteroatoms. The molecule has 0 fully saturated rings. The average Bonchev–Trinajstić information content (AvgIpc) is 3.21. The van der Waals surface area contributed by atoms with Crippen LogP contribution in [0.2, 0.25) is 0 Å². The zero-order valence-electron chi connectivity index (χ0n) is 13.9. The predicted octanol–water partition coefficient (Wildman–Crippen LogP) is 3.78. The normalized spacial score (nSPS) is 11.0. The third-order valence-electron chi connectivity index (χ3n) is 3.99. The zero-order chi connectivity index (χ0) is 18.1. The van der Waals surface area contributed by atoms with Gasteiger partial charge in [-0.2, -0.15) is 0 Å². The van der Waals surface area contributed by atoms with E-state index in [9.17, 15) is 9.18 Å². The number of nitrogens with zero attached hydrogens (tertiary/aromatic N) is 3. The minimum absolute atomic E-state index is 0.102. The van der Waals surface area contributed by atoms with Gasteiger partial charge in [0, 0.05) is 29.7 Å². The molecule has 0 radical (unpaired) electrons. The molecule has 130 valence electrons. The van der Waals surface area contributed by atoms with Gasteiger partial charge in [0.05, 0.1) is 5.56 Å². The summed E-state index contributed by atoms with van der Waals surface area (Å²) in [5.74, 6) is 0.326. The van der Waals surface area contributed by atoms with Gasteiger partial charge in [0.15, 0.2) is 0 Å². The molecule has 2 aromatic heterocycles. The van der Waals surface area contributed by atoms with Gasteiger partial charge >= 0.3 is 0 Å². The van der Waals surface area contributed by atoms with E-state index < -0.39 is 0 Å². The maximum Gasteiger partial charge on any atom is 0.249 e. The van der Waals surface area contributed by atoms with Crippen LogP contribution in [0, 0.1) is 12.7 Å². The van der Waals surface area contributed by atoms with Crippen LogP contribution < -0.4 is 5.32 Å². The fourth-order valence-corrected chi connectivity index (χ4v) is 2.84. The van der Waals surface area contributed by atoms with Gasteiger partial charge in [0.2, 0.25) is 17.7 Å². The second-order valence-electron chi connectivity index (χ2n) is 5.87. The molecule has 4 rings (SSSR count). The Balaban J connectivity index is 1.64. The molecule has 4 aromatic rings.